The van der Waals surface area contributed by atoms with Crippen LogP contribution in [0.1, 0.15) is 22.7 Å². The summed E-state index contributed by atoms with van der Waals surface area (Å²) in [6.07, 6.45) is 0.942. The molecule has 0 bridgehead atoms. The van der Waals surface area contributed by atoms with E-state index in [1.807, 2.05) is 30.3 Å². The molecule has 3 nitrogen and oxygen atoms in total. The molecule has 0 radical (unpaired) electrons. The number of fused-ring (bicyclic) bond motifs is 1. The maximum Gasteiger partial charge on any atom is 0.328 e. The second-order valence-corrected chi connectivity index (χ2v) is 5.51. The molecule has 1 aliphatic rings. The van der Waals surface area contributed by atoms with E-state index in [2.05, 4.69) is 11.4 Å². The lowest BCUT2D eigenvalue weighted by Gasteiger charge is -2.25. The normalized spacial score (nSPS) is 17.1. The zero-order valence-corrected chi connectivity index (χ0v) is 12.3. The van der Waals surface area contributed by atoms with Gasteiger partial charge in [0.05, 0.1) is 0 Å². The van der Waals surface area contributed by atoms with E-state index in [1.165, 1.54) is 5.56 Å². The van der Waals surface area contributed by atoms with E-state index in [9.17, 15) is 4.79 Å². The molecule has 3 rings (SSSR count). The molecule has 1 aliphatic heterocycles. The van der Waals surface area contributed by atoms with Gasteiger partial charge in [0.25, 0.3) is 0 Å². The van der Waals surface area contributed by atoms with E-state index in [1.54, 1.807) is 12.1 Å². The van der Waals surface area contributed by atoms with Gasteiger partial charge in [-0.25, -0.2) is 4.79 Å². The fourth-order valence-electron chi connectivity index (χ4n) is 2.53. The van der Waals surface area contributed by atoms with Crippen LogP contribution in [0.15, 0.2) is 48.5 Å². The summed E-state index contributed by atoms with van der Waals surface area (Å²) in [4.78, 5) is 12.3. The zero-order valence-electron chi connectivity index (χ0n) is 11.5. The van der Waals surface area contributed by atoms with Gasteiger partial charge >= 0.3 is 5.97 Å². The minimum absolute atomic E-state index is 0.239. The first-order chi connectivity index (χ1) is 10.2. The quantitative estimate of drug-likeness (QED) is 0.884. The third kappa shape index (κ3) is 3.26. The molecule has 108 valence electrons. The monoisotopic (exact) mass is 301 g/mol. The summed E-state index contributed by atoms with van der Waals surface area (Å²) in [5.41, 5.74) is 3.16. The number of nitrogens with one attached hydrogen (secondary N) is 1. The van der Waals surface area contributed by atoms with Crippen LogP contribution in [-0.4, -0.2) is 12.5 Å². The minimum Gasteiger partial charge on any atom is -0.459 e. The molecule has 0 spiro atoms. The van der Waals surface area contributed by atoms with E-state index in [-0.39, 0.29) is 18.6 Å². The summed E-state index contributed by atoms with van der Waals surface area (Å²) < 4.78 is 5.42. The van der Waals surface area contributed by atoms with Crippen LogP contribution in [0.3, 0.4) is 0 Å². The summed E-state index contributed by atoms with van der Waals surface area (Å²) in [6, 6.07) is 14.9. The Labute approximate surface area is 128 Å². The highest BCUT2D eigenvalue weighted by Gasteiger charge is 2.26. The van der Waals surface area contributed by atoms with Crippen molar-refractivity contribution in [2.24, 2.45) is 0 Å². The Balaban J connectivity index is 1.68. The first-order valence-electron chi connectivity index (χ1n) is 6.96. The van der Waals surface area contributed by atoms with Gasteiger partial charge in [-0.2, -0.15) is 0 Å². The lowest BCUT2D eigenvalue weighted by atomic mass is 9.94. The van der Waals surface area contributed by atoms with Crippen LogP contribution in [0, 0.1) is 0 Å². The molecule has 0 aromatic heterocycles. The third-order valence-corrected chi connectivity index (χ3v) is 3.89. The second kappa shape index (κ2) is 6.29. The van der Waals surface area contributed by atoms with Crippen molar-refractivity contribution in [1.29, 1.82) is 0 Å². The van der Waals surface area contributed by atoms with Crippen LogP contribution in [0.4, 0.5) is 0 Å². The first kappa shape index (κ1) is 14.1. The molecular weight excluding hydrogens is 286 g/mol. The predicted octanol–water partition coefficient (Wildman–Crippen LogP) is 3.27. The molecule has 4 heteroatoms. The summed E-state index contributed by atoms with van der Waals surface area (Å²) in [5.74, 6) is -0.239. The molecule has 2 aromatic carbocycles. The van der Waals surface area contributed by atoms with Gasteiger partial charge < -0.3 is 10.1 Å². The Bertz CT molecular complexity index is 639. The van der Waals surface area contributed by atoms with E-state index in [0.717, 1.165) is 24.1 Å². The summed E-state index contributed by atoms with van der Waals surface area (Å²) in [5, 5.41) is 3.90. The van der Waals surface area contributed by atoms with Gasteiger partial charge in [0.15, 0.2) is 0 Å². The SMILES string of the molecule is O=C(OCc1ccc(Cl)cc1)C1NCCc2ccccc21. The van der Waals surface area contributed by atoms with Gasteiger partial charge in [0, 0.05) is 11.6 Å². The third-order valence-electron chi connectivity index (χ3n) is 3.64. The number of hydrogen-bond acceptors (Lipinski definition) is 3. The molecule has 1 unspecified atom stereocenters. The zero-order chi connectivity index (χ0) is 14.7. The fraction of sp³-hybridized carbons (Fsp3) is 0.235. The van der Waals surface area contributed by atoms with Gasteiger partial charge in [0.1, 0.15) is 12.6 Å². The van der Waals surface area contributed by atoms with E-state index in [0.29, 0.717) is 5.02 Å². The van der Waals surface area contributed by atoms with E-state index < -0.39 is 0 Å². The average molecular weight is 302 g/mol. The molecule has 2 aromatic rings. The van der Waals surface area contributed by atoms with Gasteiger partial charge in [-0.05, 0) is 35.2 Å². The number of benzene rings is 2. The average Bonchev–Trinajstić information content (AvgIpc) is 2.53. The van der Waals surface area contributed by atoms with Crippen molar-refractivity contribution in [3.63, 3.8) is 0 Å². The Morgan fingerprint density at radius 1 is 1.19 bits per heavy atom. The molecule has 21 heavy (non-hydrogen) atoms. The minimum atomic E-state index is -0.373. The second-order valence-electron chi connectivity index (χ2n) is 5.07. The standard InChI is InChI=1S/C17H16ClNO2/c18-14-7-5-12(6-8-14)11-21-17(20)16-15-4-2-1-3-13(15)9-10-19-16/h1-8,16,19H,9-11H2. The van der Waals surface area contributed by atoms with Crippen LogP contribution < -0.4 is 5.32 Å². The number of carbonyl (C=O) groups excluding carboxylic acids is 1. The molecule has 0 saturated heterocycles. The number of hydrogen-bond donors (Lipinski definition) is 1. The van der Waals surface area contributed by atoms with Gasteiger partial charge in [-0.3, -0.25) is 0 Å². The molecule has 1 heterocycles. The number of halogens is 1. The van der Waals surface area contributed by atoms with E-state index >= 15 is 0 Å². The van der Waals surface area contributed by atoms with Crippen molar-refractivity contribution in [2.75, 3.05) is 6.54 Å². The van der Waals surface area contributed by atoms with Gasteiger partial charge in [0.2, 0.25) is 0 Å². The summed E-state index contributed by atoms with van der Waals surface area (Å²) in [6.45, 7) is 1.05. The van der Waals surface area contributed by atoms with Crippen molar-refractivity contribution in [3.05, 3.63) is 70.2 Å². The van der Waals surface area contributed by atoms with Crippen molar-refractivity contribution in [1.82, 2.24) is 5.32 Å². The number of ether oxygens (including phenoxy) is 1. The highest BCUT2D eigenvalue weighted by atomic mass is 35.5. The molecule has 1 N–H and O–H groups in total. The maximum absolute atomic E-state index is 12.3. The molecule has 0 aliphatic carbocycles. The molecular formula is C17H16ClNO2. The molecule has 0 fully saturated rings. The van der Waals surface area contributed by atoms with Crippen LogP contribution in [0.2, 0.25) is 5.02 Å². The Kier molecular flexibility index (Phi) is 4.23. The lowest BCUT2D eigenvalue weighted by Crippen LogP contribution is -2.36. The lowest BCUT2D eigenvalue weighted by molar-refractivity contribution is -0.147. The molecule has 1 atom stereocenters. The van der Waals surface area contributed by atoms with Crippen molar-refractivity contribution >= 4 is 17.6 Å². The number of carbonyl (C=O) groups is 1. The van der Waals surface area contributed by atoms with Gasteiger partial charge in [-0.1, -0.05) is 48.0 Å². The van der Waals surface area contributed by atoms with Crippen LogP contribution in [0.25, 0.3) is 0 Å². The molecule has 0 saturated carbocycles. The van der Waals surface area contributed by atoms with E-state index in [4.69, 9.17) is 16.3 Å². The van der Waals surface area contributed by atoms with Crippen molar-refractivity contribution in [2.45, 2.75) is 19.1 Å². The summed E-state index contributed by atoms with van der Waals surface area (Å²) in [7, 11) is 0. The number of rotatable bonds is 3. The van der Waals surface area contributed by atoms with Crippen molar-refractivity contribution < 1.29 is 9.53 Å². The first-order valence-corrected chi connectivity index (χ1v) is 7.34. The Morgan fingerprint density at radius 3 is 2.76 bits per heavy atom. The van der Waals surface area contributed by atoms with Crippen LogP contribution in [-0.2, 0) is 22.6 Å². The largest absolute Gasteiger partial charge is 0.459 e. The smallest absolute Gasteiger partial charge is 0.328 e. The topological polar surface area (TPSA) is 38.3 Å². The Hall–Kier alpha value is -1.84. The highest BCUT2D eigenvalue weighted by Crippen LogP contribution is 2.24. The predicted molar refractivity (Wildman–Crippen MR) is 82.1 cm³/mol. The van der Waals surface area contributed by atoms with Crippen LogP contribution in [0.5, 0.6) is 0 Å². The van der Waals surface area contributed by atoms with Crippen LogP contribution >= 0.6 is 11.6 Å². The fourth-order valence-corrected chi connectivity index (χ4v) is 2.66. The maximum atomic E-state index is 12.3. The van der Waals surface area contributed by atoms with Gasteiger partial charge in [-0.15, -0.1) is 0 Å². The summed E-state index contributed by atoms with van der Waals surface area (Å²) >= 11 is 5.83. The Morgan fingerprint density at radius 2 is 1.95 bits per heavy atom. The molecule has 0 amide bonds. The number of esters is 1. The highest BCUT2D eigenvalue weighted by molar-refractivity contribution is 6.30. The van der Waals surface area contributed by atoms with Crippen molar-refractivity contribution in [3.8, 4) is 0 Å².